The second kappa shape index (κ2) is 3.72. The van der Waals surface area contributed by atoms with Gasteiger partial charge in [-0.1, -0.05) is 11.6 Å². The van der Waals surface area contributed by atoms with Gasteiger partial charge in [-0.25, -0.2) is 0 Å². The molecule has 2 atom stereocenters. The van der Waals surface area contributed by atoms with Crippen molar-refractivity contribution in [2.24, 2.45) is 11.5 Å². The maximum absolute atomic E-state index is 11.1. The minimum absolute atomic E-state index is 0.157. The zero-order valence-electron chi connectivity index (χ0n) is 8.03. The number of carbonyl (C=O) groups excluding carboxylic acids is 1. The molecule has 1 aliphatic rings. The van der Waals surface area contributed by atoms with Crippen LogP contribution in [0.1, 0.15) is 16.8 Å². The van der Waals surface area contributed by atoms with Gasteiger partial charge in [0.1, 0.15) is 0 Å². The van der Waals surface area contributed by atoms with E-state index in [1.165, 1.54) is 0 Å². The van der Waals surface area contributed by atoms with Gasteiger partial charge in [-0.05, 0) is 24.6 Å². The molecule has 2 unspecified atom stereocenters. The topological polar surface area (TPSA) is 81.1 Å². The van der Waals surface area contributed by atoms with Gasteiger partial charge >= 0.3 is 0 Å². The average Bonchev–Trinajstić information content (AvgIpc) is 2.81. The van der Waals surface area contributed by atoms with Gasteiger partial charge < -0.3 is 16.8 Å². The Morgan fingerprint density at radius 3 is 2.73 bits per heavy atom. The quantitative estimate of drug-likeness (QED) is 0.717. The van der Waals surface area contributed by atoms with Crippen molar-refractivity contribution < 1.29 is 4.79 Å². The standard InChI is InChI=1S/C10H12ClN3O/c11-5-1-2-6(10(13)15)8(3-5)14-9-4-7(9)12/h1-3,7,9,14H,4,12H2,(H2,13,15). The van der Waals surface area contributed by atoms with Crippen LogP contribution in [0.15, 0.2) is 18.2 Å². The van der Waals surface area contributed by atoms with E-state index in [0.717, 1.165) is 6.42 Å². The number of halogens is 1. The number of nitrogens with two attached hydrogens (primary N) is 2. The van der Waals surface area contributed by atoms with Crippen LogP contribution in [0, 0.1) is 0 Å². The smallest absolute Gasteiger partial charge is 0.250 e. The van der Waals surface area contributed by atoms with Gasteiger partial charge in [0.05, 0.1) is 5.56 Å². The van der Waals surface area contributed by atoms with Crippen LogP contribution in [-0.4, -0.2) is 18.0 Å². The third kappa shape index (κ3) is 2.22. The van der Waals surface area contributed by atoms with E-state index >= 15 is 0 Å². The molecule has 0 bridgehead atoms. The Hall–Kier alpha value is -1.26. The first kappa shape index (κ1) is 10.3. The van der Waals surface area contributed by atoms with Gasteiger partial charge in [-0.15, -0.1) is 0 Å². The third-order valence-corrected chi connectivity index (χ3v) is 2.66. The first-order chi connectivity index (χ1) is 7.08. The minimum atomic E-state index is -0.469. The first-order valence-corrected chi connectivity index (χ1v) is 5.07. The average molecular weight is 226 g/mol. The van der Waals surface area contributed by atoms with Crippen LogP contribution in [0.2, 0.25) is 5.02 Å². The van der Waals surface area contributed by atoms with Gasteiger partial charge in [0.2, 0.25) is 0 Å². The Kier molecular flexibility index (Phi) is 2.54. The zero-order valence-corrected chi connectivity index (χ0v) is 8.79. The van der Waals surface area contributed by atoms with Crippen molar-refractivity contribution in [2.75, 3.05) is 5.32 Å². The highest BCUT2D eigenvalue weighted by atomic mass is 35.5. The lowest BCUT2D eigenvalue weighted by molar-refractivity contribution is 0.100. The van der Waals surface area contributed by atoms with Gasteiger partial charge in [0.25, 0.3) is 5.91 Å². The van der Waals surface area contributed by atoms with Crippen LogP contribution in [-0.2, 0) is 0 Å². The number of nitrogens with one attached hydrogen (secondary N) is 1. The summed E-state index contributed by atoms with van der Waals surface area (Å²) in [6.45, 7) is 0. The Labute approximate surface area is 92.6 Å². The molecule has 0 saturated heterocycles. The maximum Gasteiger partial charge on any atom is 0.250 e. The molecular formula is C10H12ClN3O. The van der Waals surface area contributed by atoms with E-state index in [-0.39, 0.29) is 12.1 Å². The summed E-state index contributed by atoms with van der Waals surface area (Å²) in [6.07, 6.45) is 0.907. The predicted octanol–water partition coefficient (Wildman–Crippen LogP) is 0.950. The zero-order chi connectivity index (χ0) is 11.0. The van der Waals surface area contributed by atoms with E-state index in [1.54, 1.807) is 18.2 Å². The number of carbonyl (C=O) groups is 1. The van der Waals surface area contributed by atoms with Crippen molar-refractivity contribution >= 4 is 23.2 Å². The molecule has 1 saturated carbocycles. The molecule has 4 nitrogen and oxygen atoms in total. The fraction of sp³-hybridized carbons (Fsp3) is 0.300. The van der Waals surface area contributed by atoms with Crippen LogP contribution in [0.5, 0.6) is 0 Å². The van der Waals surface area contributed by atoms with E-state index < -0.39 is 5.91 Å². The van der Waals surface area contributed by atoms with E-state index in [9.17, 15) is 4.79 Å². The van der Waals surface area contributed by atoms with Gasteiger partial charge in [0, 0.05) is 22.8 Å². The molecule has 1 aromatic carbocycles. The second-order valence-electron chi connectivity index (χ2n) is 3.70. The molecular weight excluding hydrogens is 214 g/mol. The number of rotatable bonds is 3. The number of primary amides is 1. The van der Waals surface area contributed by atoms with Crippen molar-refractivity contribution in [1.29, 1.82) is 0 Å². The monoisotopic (exact) mass is 225 g/mol. The summed E-state index contributed by atoms with van der Waals surface area (Å²) in [5.41, 5.74) is 12.0. The molecule has 0 aromatic heterocycles. The molecule has 5 N–H and O–H groups in total. The predicted molar refractivity (Wildman–Crippen MR) is 60.0 cm³/mol. The van der Waals surface area contributed by atoms with Crippen molar-refractivity contribution in [3.63, 3.8) is 0 Å². The maximum atomic E-state index is 11.1. The molecule has 1 aromatic rings. The van der Waals surface area contributed by atoms with Crippen molar-refractivity contribution in [2.45, 2.75) is 18.5 Å². The highest BCUT2D eigenvalue weighted by Crippen LogP contribution is 2.27. The van der Waals surface area contributed by atoms with Crippen LogP contribution in [0.4, 0.5) is 5.69 Å². The molecule has 1 fully saturated rings. The van der Waals surface area contributed by atoms with E-state index in [2.05, 4.69) is 5.32 Å². The van der Waals surface area contributed by atoms with Crippen LogP contribution < -0.4 is 16.8 Å². The fourth-order valence-corrected chi connectivity index (χ4v) is 1.60. The molecule has 0 spiro atoms. The van der Waals surface area contributed by atoms with Crippen molar-refractivity contribution in [1.82, 2.24) is 0 Å². The van der Waals surface area contributed by atoms with Crippen molar-refractivity contribution in [3.8, 4) is 0 Å². The SMILES string of the molecule is NC(=O)c1ccc(Cl)cc1NC1CC1N. The van der Waals surface area contributed by atoms with E-state index in [4.69, 9.17) is 23.1 Å². The number of amides is 1. The van der Waals surface area contributed by atoms with Gasteiger partial charge in [-0.3, -0.25) is 4.79 Å². The summed E-state index contributed by atoms with van der Waals surface area (Å²) in [5.74, 6) is -0.469. The summed E-state index contributed by atoms with van der Waals surface area (Å²) in [7, 11) is 0. The lowest BCUT2D eigenvalue weighted by Crippen LogP contribution is -2.18. The molecule has 80 valence electrons. The molecule has 1 amide bonds. The van der Waals surface area contributed by atoms with Gasteiger partial charge in [-0.2, -0.15) is 0 Å². The lowest BCUT2D eigenvalue weighted by atomic mass is 10.1. The number of hydrogen-bond acceptors (Lipinski definition) is 3. The lowest BCUT2D eigenvalue weighted by Gasteiger charge is -2.09. The number of benzene rings is 1. The Morgan fingerprint density at radius 2 is 2.20 bits per heavy atom. The summed E-state index contributed by atoms with van der Waals surface area (Å²) < 4.78 is 0. The van der Waals surface area contributed by atoms with E-state index in [1.807, 2.05) is 0 Å². The highest BCUT2D eigenvalue weighted by Gasteiger charge is 2.33. The summed E-state index contributed by atoms with van der Waals surface area (Å²) >= 11 is 5.84. The van der Waals surface area contributed by atoms with E-state index in [0.29, 0.717) is 16.3 Å². The van der Waals surface area contributed by atoms with Crippen LogP contribution in [0.25, 0.3) is 0 Å². The van der Waals surface area contributed by atoms with Crippen LogP contribution >= 0.6 is 11.6 Å². The normalized spacial score (nSPS) is 23.6. The minimum Gasteiger partial charge on any atom is -0.380 e. The molecule has 5 heteroatoms. The molecule has 0 radical (unpaired) electrons. The van der Waals surface area contributed by atoms with Crippen molar-refractivity contribution in [3.05, 3.63) is 28.8 Å². The fourth-order valence-electron chi connectivity index (χ4n) is 1.43. The Morgan fingerprint density at radius 1 is 1.53 bits per heavy atom. The second-order valence-corrected chi connectivity index (χ2v) is 4.14. The summed E-state index contributed by atoms with van der Waals surface area (Å²) in [4.78, 5) is 11.1. The summed E-state index contributed by atoms with van der Waals surface area (Å²) in [6, 6.07) is 5.32. The molecule has 2 rings (SSSR count). The Bertz CT molecular complexity index is 408. The highest BCUT2D eigenvalue weighted by molar-refractivity contribution is 6.31. The van der Waals surface area contributed by atoms with Gasteiger partial charge in [0.15, 0.2) is 0 Å². The molecule has 1 aliphatic carbocycles. The molecule has 0 aliphatic heterocycles. The molecule has 0 heterocycles. The summed E-state index contributed by atoms with van der Waals surface area (Å²) in [5, 5.41) is 3.71. The third-order valence-electron chi connectivity index (χ3n) is 2.43. The number of hydrogen-bond donors (Lipinski definition) is 3. The first-order valence-electron chi connectivity index (χ1n) is 4.69. The largest absolute Gasteiger partial charge is 0.380 e. The van der Waals surface area contributed by atoms with Crippen LogP contribution in [0.3, 0.4) is 0 Å². The Balaban J connectivity index is 2.26. The number of anilines is 1. The molecule has 15 heavy (non-hydrogen) atoms.